The molecule has 72 valence electrons. The highest BCUT2D eigenvalue weighted by molar-refractivity contribution is 5.64. The van der Waals surface area contributed by atoms with Gasteiger partial charge < -0.3 is 15.9 Å². The number of nitrogen functional groups attached to an aromatic ring is 2. The van der Waals surface area contributed by atoms with Gasteiger partial charge in [-0.15, -0.1) is 0 Å². The quantitative estimate of drug-likeness (QED) is 0.705. The molecule has 0 bridgehead atoms. The molecule has 0 unspecified atom stereocenters. The molecule has 5 heteroatoms. The number of hydrogen-bond donors (Lipinski definition) is 2. The molecule has 0 saturated heterocycles. The van der Waals surface area contributed by atoms with Crippen LogP contribution in [0.25, 0.3) is 11.3 Å². The highest BCUT2D eigenvalue weighted by atomic mass is 16.3. The molecular formula is C9H10N4O. The van der Waals surface area contributed by atoms with Crippen molar-refractivity contribution in [3.63, 3.8) is 0 Å². The predicted molar refractivity (Wildman–Crippen MR) is 53.3 cm³/mol. The van der Waals surface area contributed by atoms with Gasteiger partial charge in [0.1, 0.15) is 11.6 Å². The molecule has 0 fully saturated rings. The summed E-state index contributed by atoms with van der Waals surface area (Å²) >= 11 is 0. The SMILES string of the molecule is Cc1occc1-c1cc(N)nc(N)n1. The van der Waals surface area contributed by atoms with E-state index in [1.165, 1.54) is 0 Å². The first-order chi connectivity index (χ1) is 6.66. The van der Waals surface area contributed by atoms with Gasteiger partial charge in [-0.3, -0.25) is 0 Å². The van der Waals surface area contributed by atoms with Crippen molar-refractivity contribution in [3.8, 4) is 11.3 Å². The molecule has 0 radical (unpaired) electrons. The lowest BCUT2D eigenvalue weighted by atomic mass is 10.2. The molecule has 0 amide bonds. The summed E-state index contributed by atoms with van der Waals surface area (Å²) in [5.41, 5.74) is 12.6. The maximum Gasteiger partial charge on any atom is 0.222 e. The van der Waals surface area contributed by atoms with Crippen molar-refractivity contribution in [3.05, 3.63) is 24.2 Å². The van der Waals surface area contributed by atoms with Crippen LogP contribution in [0.3, 0.4) is 0 Å². The second-order valence-corrected chi connectivity index (χ2v) is 2.93. The fourth-order valence-corrected chi connectivity index (χ4v) is 1.27. The van der Waals surface area contributed by atoms with Crippen LogP contribution in [0.2, 0.25) is 0 Å². The number of aryl methyl sites for hydroxylation is 1. The number of anilines is 2. The van der Waals surface area contributed by atoms with Crippen molar-refractivity contribution in [2.75, 3.05) is 11.5 Å². The van der Waals surface area contributed by atoms with Gasteiger partial charge in [0.2, 0.25) is 5.95 Å². The predicted octanol–water partition coefficient (Wildman–Crippen LogP) is 1.21. The number of rotatable bonds is 1. The van der Waals surface area contributed by atoms with E-state index < -0.39 is 0 Å². The fraction of sp³-hybridized carbons (Fsp3) is 0.111. The van der Waals surface area contributed by atoms with Gasteiger partial charge in [-0.05, 0) is 13.0 Å². The van der Waals surface area contributed by atoms with Crippen LogP contribution in [-0.2, 0) is 0 Å². The minimum atomic E-state index is 0.167. The molecule has 0 aliphatic carbocycles. The Morgan fingerprint density at radius 3 is 2.64 bits per heavy atom. The van der Waals surface area contributed by atoms with E-state index in [-0.39, 0.29) is 5.95 Å². The van der Waals surface area contributed by atoms with Crippen LogP contribution in [0, 0.1) is 6.92 Å². The Labute approximate surface area is 80.8 Å². The third kappa shape index (κ3) is 1.39. The fourth-order valence-electron chi connectivity index (χ4n) is 1.27. The zero-order chi connectivity index (χ0) is 10.1. The molecular weight excluding hydrogens is 180 g/mol. The highest BCUT2D eigenvalue weighted by Crippen LogP contribution is 2.23. The molecule has 2 aromatic heterocycles. The monoisotopic (exact) mass is 190 g/mol. The zero-order valence-electron chi connectivity index (χ0n) is 7.69. The van der Waals surface area contributed by atoms with Crippen LogP contribution in [0.4, 0.5) is 11.8 Å². The summed E-state index contributed by atoms with van der Waals surface area (Å²) in [6.45, 7) is 1.85. The van der Waals surface area contributed by atoms with Gasteiger partial charge >= 0.3 is 0 Å². The van der Waals surface area contributed by atoms with Crippen molar-refractivity contribution in [2.45, 2.75) is 6.92 Å². The number of furan rings is 1. The third-order valence-electron chi connectivity index (χ3n) is 1.90. The molecule has 5 nitrogen and oxygen atoms in total. The van der Waals surface area contributed by atoms with E-state index in [4.69, 9.17) is 15.9 Å². The van der Waals surface area contributed by atoms with Crippen LogP contribution in [0.1, 0.15) is 5.76 Å². The minimum Gasteiger partial charge on any atom is -0.469 e. The lowest BCUT2D eigenvalue weighted by Gasteiger charge is -2.00. The molecule has 4 N–H and O–H groups in total. The topological polar surface area (TPSA) is 91.0 Å². The summed E-state index contributed by atoms with van der Waals surface area (Å²) in [6, 6.07) is 3.48. The van der Waals surface area contributed by atoms with Crippen molar-refractivity contribution < 1.29 is 4.42 Å². The average molecular weight is 190 g/mol. The van der Waals surface area contributed by atoms with Crippen LogP contribution in [-0.4, -0.2) is 9.97 Å². The number of nitrogens with two attached hydrogens (primary N) is 2. The van der Waals surface area contributed by atoms with Gasteiger partial charge in [0.05, 0.1) is 12.0 Å². The van der Waals surface area contributed by atoms with Crippen molar-refractivity contribution >= 4 is 11.8 Å². The summed E-state index contributed by atoms with van der Waals surface area (Å²) in [5, 5.41) is 0. The smallest absolute Gasteiger partial charge is 0.222 e. The van der Waals surface area contributed by atoms with E-state index in [9.17, 15) is 0 Å². The van der Waals surface area contributed by atoms with Gasteiger partial charge in [-0.2, -0.15) is 4.98 Å². The van der Waals surface area contributed by atoms with Gasteiger partial charge in [-0.1, -0.05) is 0 Å². The van der Waals surface area contributed by atoms with Crippen LogP contribution < -0.4 is 11.5 Å². The minimum absolute atomic E-state index is 0.167. The second-order valence-electron chi connectivity index (χ2n) is 2.93. The Balaban J connectivity index is 2.57. The second kappa shape index (κ2) is 3.02. The lowest BCUT2D eigenvalue weighted by molar-refractivity contribution is 0.535. The normalized spacial score (nSPS) is 10.4. The van der Waals surface area contributed by atoms with E-state index in [1.54, 1.807) is 12.3 Å². The Kier molecular flexibility index (Phi) is 1.85. The third-order valence-corrected chi connectivity index (χ3v) is 1.90. The largest absolute Gasteiger partial charge is 0.469 e. The van der Waals surface area contributed by atoms with Gasteiger partial charge in [-0.25, -0.2) is 4.98 Å². The highest BCUT2D eigenvalue weighted by Gasteiger charge is 2.07. The average Bonchev–Trinajstić information content (AvgIpc) is 2.49. The summed E-state index contributed by atoms with van der Waals surface area (Å²) < 4.78 is 5.16. The lowest BCUT2D eigenvalue weighted by Crippen LogP contribution is -2.00. The van der Waals surface area contributed by atoms with Crippen LogP contribution >= 0.6 is 0 Å². The molecule has 14 heavy (non-hydrogen) atoms. The Bertz CT molecular complexity index is 443. The van der Waals surface area contributed by atoms with Crippen LogP contribution in [0.15, 0.2) is 22.8 Å². The number of nitrogens with zero attached hydrogens (tertiary/aromatic N) is 2. The van der Waals surface area contributed by atoms with Gasteiger partial charge in [0, 0.05) is 11.6 Å². The van der Waals surface area contributed by atoms with E-state index >= 15 is 0 Å². The maximum atomic E-state index is 5.55. The molecule has 0 saturated carbocycles. The molecule has 2 aromatic rings. The van der Waals surface area contributed by atoms with E-state index in [0.717, 1.165) is 11.3 Å². The molecule has 0 spiro atoms. The number of aromatic nitrogens is 2. The van der Waals surface area contributed by atoms with Crippen molar-refractivity contribution in [1.82, 2.24) is 9.97 Å². The summed E-state index contributed by atoms with van der Waals surface area (Å²) in [6.07, 6.45) is 1.60. The first-order valence-electron chi connectivity index (χ1n) is 4.11. The zero-order valence-corrected chi connectivity index (χ0v) is 7.69. The first-order valence-corrected chi connectivity index (χ1v) is 4.11. The van der Waals surface area contributed by atoms with Gasteiger partial charge in [0.15, 0.2) is 0 Å². The Morgan fingerprint density at radius 2 is 2.07 bits per heavy atom. The molecule has 2 heterocycles. The molecule has 2 rings (SSSR count). The maximum absolute atomic E-state index is 5.55. The van der Waals surface area contributed by atoms with E-state index in [2.05, 4.69) is 9.97 Å². The summed E-state index contributed by atoms with van der Waals surface area (Å²) in [7, 11) is 0. The standard InChI is InChI=1S/C9H10N4O/c1-5-6(2-3-14-5)7-4-8(10)13-9(11)12-7/h2-4H,1H3,(H4,10,11,12,13). The van der Waals surface area contributed by atoms with Crippen molar-refractivity contribution in [2.24, 2.45) is 0 Å². The molecule has 0 aliphatic heterocycles. The van der Waals surface area contributed by atoms with Crippen LogP contribution in [0.5, 0.6) is 0 Å². The molecule has 0 atom stereocenters. The molecule has 0 aliphatic rings. The summed E-state index contributed by atoms with van der Waals surface area (Å²) in [4.78, 5) is 7.85. The first kappa shape index (κ1) is 8.55. The van der Waals surface area contributed by atoms with Gasteiger partial charge in [0.25, 0.3) is 0 Å². The Morgan fingerprint density at radius 1 is 1.29 bits per heavy atom. The number of hydrogen-bond acceptors (Lipinski definition) is 5. The molecule has 0 aromatic carbocycles. The van der Waals surface area contributed by atoms with E-state index in [0.29, 0.717) is 11.5 Å². The Hall–Kier alpha value is -2.04. The summed E-state index contributed by atoms with van der Waals surface area (Å²) in [5.74, 6) is 1.30. The van der Waals surface area contributed by atoms with Crippen molar-refractivity contribution in [1.29, 1.82) is 0 Å². The van der Waals surface area contributed by atoms with E-state index in [1.807, 2.05) is 13.0 Å².